The van der Waals surface area contributed by atoms with Crippen LogP contribution in [0.3, 0.4) is 0 Å². The minimum atomic E-state index is 0.625. The minimum absolute atomic E-state index is 0.625. The first-order chi connectivity index (χ1) is 6.26. The molecule has 1 rings (SSSR count). The Hall–Kier alpha value is -0.860. The highest BCUT2D eigenvalue weighted by Gasteiger charge is 1.93. The van der Waals surface area contributed by atoms with Crippen molar-refractivity contribution in [1.29, 1.82) is 5.41 Å². The first-order valence-corrected chi connectivity index (χ1v) is 4.44. The number of benzene rings is 1. The first kappa shape index (κ1) is 12.1. The Kier molecular flexibility index (Phi) is 7.26. The summed E-state index contributed by atoms with van der Waals surface area (Å²) in [5.41, 5.74) is 1.01. The molecule has 0 aromatic heterocycles. The largest absolute Gasteiger partial charge is 0.323 e. The molecule has 0 aliphatic rings. The molecule has 0 unspecified atom stereocenters. The van der Waals surface area contributed by atoms with Crippen molar-refractivity contribution in [3.63, 3.8) is 0 Å². The van der Waals surface area contributed by atoms with E-state index in [-0.39, 0.29) is 0 Å². The van der Waals surface area contributed by atoms with Crippen LogP contribution in [-0.4, -0.2) is 20.3 Å². The molecule has 1 aromatic carbocycles. The minimum Gasteiger partial charge on any atom is -0.323 e. The summed E-state index contributed by atoms with van der Waals surface area (Å²) in [6.45, 7) is 0. The molecule has 72 valence electrons. The molecule has 2 nitrogen and oxygen atoms in total. The van der Waals surface area contributed by atoms with Gasteiger partial charge in [-0.05, 0) is 31.9 Å². The molecule has 0 amide bonds. The van der Waals surface area contributed by atoms with E-state index in [4.69, 9.17) is 17.0 Å². The maximum Gasteiger partial charge on any atom is 0.0441 e. The van der Waals surface area contributed by atoms with Gasteiger partial charge in [0.2, 0.25) is 0 Å². The second-order valence-electron chi connectivity index (χ2n) is 2.50. The van der Waals surface area contributed by atoms with Gasteiger partial charge in [-0.25, -0.2) is 0 Å². The van der Waals surface area contributed by atoms with E-state index >= 15 is 0 Å². The van der Waals surface area contributed by atoms with E-state index in [1.54, 1.807) is 0 Å². The second-order valence-corrected chi connectivity index (χ2v) is 2.91. The predicted octanol–water partition coefficient (Wildman–Crippen LogP) is 2.37. The fourth-order valence-corrected chi connectivity index (χ4v) is 0.987. The van der Waals surface area contributed by atoms with Gasteiger partial charge in [0.25, 0.3) is 0 Å². The summed E-state index contributed by atoms with van der Waals surface area (Å²) < 4.78 is 0. The molecule has 2 N–H and O–H groups in total. The normalized spacial score (nSPS) is 8.54. The van der Waals surface area contributed by atoms with Crippen molar-refractivity contribution >= 4 is 17.8 Å². The van der Waals surface area contributed by atoms with E-state index in [9.17, 15) is 0 Å². The lowest BCUT2D eigenvalue weighted by Gasteiger charge is -1.96. The highest BCUT2D eigenvalue weighted by Crippen LogP contribution is 2.13. The third kappa shape index (κ3) is 5.39. The van der Waals surface area contributed by atoms with Crippen molar-refractivity contribution in [3.8, 4) is 0 Å². The van der Waals surface area contributed by atoms with Crippen LogP contribution in [-0.2, 0) is 6.42 Å². The van der Waals surface area contributed by atoms with Crippen LogP contribution < -0.4 is 5.32 Å². The summed E-state index contributed by atoms with van der Waals surface area (Å²) in [5, 5.41) is 10.3. The second kappa shape index (κ2) is 7.77. The third-order valence-corrected chi connectivity index (χ3v) is 1.65. The fourth-order valence-electron chi connectivity index (χ4n) is 0.774. The highest BCUT2D eigenvalue weighted by molar-refractivity contribution is 6.31. The van der Waals surface area contributed by atoms with Crippen molar-refractivity contribution in [2.75, 3.05) is 14.1 Å². The van der Waals surface area contributed by atoms with Crippen LogP contribution >= 0.6 is 11.6 Å². The van der Waals surface area contributed by atoms with E-state index in [0.717, 1.165) is 10.6 Å². The third-order valence-electron chi connectivity index (χ3n) is 1.28. The van der Waals surface area contributed by atoms with Gasteiger partial charge in [-0.2, -0.15) is 0 Å². The van der Waals surface area contributed by atoms with Gasteiger partial charge in [-0.15, -0.1) is 0 Å². The lowest BCUT2D eigenvalue weighted by Crippen LogP contribution is -1.89. The highest BCUT2D eigenvalue weighted by atomic mass is 35.5. The van der Waals surface area contributed by atoms with Gasteiger partial charge in [-0.1, -0.05) is 29.8 Å². The molecule has 0 heterocycles. The van der Waals surface area contributed by atoms with Gasteiger partial charge in [0, 0.05) is 11.4 Å². The molecular formula is C10H15ClN2. The Labute approximate surface area is 84.4 Å². The molecule has 0 saturated carbocycles. The van der Waals surface area contributed by atoms with Crippen LogP contribution in [0.2, 0.25) is 5.02 Å². The summed E-state index contributed by atoms with van der Waals surface area (Å²) in [5.74, 6) is 0. The molecule has 1 aromatic rings. The monoisotopic (exact) mass is 198 g/mol. The van der Waals surface area contributed by atoms with E-state index in [0.29, 0.717) is 6.42 Å². The lowest BCUT2D eigenvalue weighted by atomic mass is 10.2. The standard InChI is InChI=1S/C8H8ClN.C2H7N/c9-8-4-2-1-3-7(8)5-6-10;1-3-2/h1-4,6,10H,5H2;3H,1-2H3. The molecule has 0 radical (unpaired) electrons. The average Bonchev–Trinajstić information content (AvgIpc) is 2.11. The summed E-state index contributed by atoms with van der Waals surface area (Å²) in [6.07, 6.45) is 1.97. The van der Waals surface area contributed by atoms with Crippen LogP contribution in [0.4, 0.5) is 0 Å². The summed E-state index contributed by atoms with van der Waals surface area (Å²) in [6, 6.07) is 7.56. The summed E-state index contributed by atoms with van der Waals surface area (Å²) in [4.78, 5) is 0. The first-order valence-electron chi connectivity index (χ1n) is 4.07. The van der Waals surface area contributed by atoms with Gasteiger partial charge < -0.3 is 10.7 Å². The van der Waals surface area contributed by atoms with Crippen molar-refractivity contribution in [1.82, 2.24) is 5.32 Å². The molecule has 0 atom stereocenters. The maximum absolute atomic E-state index is 6.85. The van der Waals surface area contributed by atoms with Crippen molar-refractivity contribution in [2.24, 2.45) is 0 Å². The Morgan fingerprint density at radius 2 is 1.92 bits per heavy atom. The Morgan fingerprint density at radius 1 is 1.38 bits per heavy atom. The van der Waals surface area contributed by atoms with Crippen LogP contribution in [0, 0.1) is 5.41 Å². The van der Waals surface area contributed by atoms with E-state index in [2.05, 4.69) is 5.32 Å². The van der Waals surface area contributed by atoms with Gasteiger partial charge in [-0.3, -0.25) is 0 Å². The molecule has 0 bridgehead atoms. The topological polar surface area (TPSA) is 35.9 Å². The fraction of sp³-hybridized carbons (Fsp3) is 0.300. The summed E-state index contributed by atoms with van der Waals surface area (Å²) >= 11 is 5.80. The maximum atomic E-state index is 6.85. The number of hydrogen-bond donors (Lipinski definition) is 2. The molecule has 0 saturated heterocycles. The van der Waals surface area contributed by atoms with Crippen LogP contribution in [0.1, 0.15) is 5.56 Å². The Morgan fingerprint density at radius 3 is 2.38 bits per heavy atom. The van der Waals surface area contributed by atoms with Gasteiger partial charge in [0.15, 0.2) is 0 Å². The molecule has 3 heteroatoms. The quantitative estimate of drug-likeness (QED) is 0.704. The molecule has 0 aliphatic heterocycles. The number of nitrogens with one attached hydrogen (secondary N) is 2. The zero-order valence-electron chi connectivity index (χ0n) is 7.97. The predicted molar refractivity (Wildman–Crippen MR) is 58.9 cm³/mol. The lowest BCUT2D eigenvalue weighted by molar-refractivity contribution is 1.02. The van der Waals surface area contributed by atoms with E-state index < -0.39 is 0 Å². The average molecular weight is 199 g/mol. The van der Waals surface area contributed by atoms with Crippen LogP contribution in [0.15, 0.2) is 24.3 Å². The van der Waals surface area contributed by atoms with Crippen molar-refractivity contribution < 1.29 is 0 Å². The zero-order chi connectivity index (χ0) is 10.1. The van der Waals surface area contributed by atoms with Crippen LogP contribution in [0.25, 0.3) is 0 Å². The van der Waals surface area contributed by atoms with Crippen LogP contribution in [0.5, 0.6) is 0 Å². The molecule has 0 spiro atoms. The van der Waals surface area contributed by atoms with E-state index in [1.807, 2.05) is 38.4 Å². The zero-order valence-corrected chi connectivity index (χ0v) is 8.73. The molecule has 0 fully saturated rings. The van der Waals surface area contributed by atoms with E-state index in [1.165, 1.54) is 6.21 Å². The molecular weight excluding hydrogens is 184 g/mol. The SMILES string of the molecule is CNC.N=CCc1ccccc1Cl. The Balaban J connectivity index is 0.000000424. The summed E-state index contributed by atoms with van der Waals surface area (Å²) in [7, 11) is 3.75. The number of hydrogen-bond acceptors (Lipinski definition) is 2. The van der Waals surface area contributed by atoms with Gasteiger partial charge >= 0.3 is 0 Å². The number of rotatable bonds is 2. The molecule has 13 heavy (non-hydrogen) atoms. The number of halogens is 1. The Bertz CT molecular complexity index is 248. The van der Waals surface area contributed by atoms with Crippen molar-refractivity contribution in [2.45, 2.75) is 6.42 Å². The van der Waals surface area contributed by atoms with Gasteiger partial charge in [0.05, 0.1) is 0 Å². The molecule has 0 aliphatic carbocycles. The van der Waals surface area contributed by atoms with Gasteiger partial charge in [0.1, 0.15) is 0 Å². The smallest absolute Gasteiger partial charge is 0.0441 e. The van der Waals surface area contributed by atoms with Crippen molar-refractivity contribution in [3.05, 3.63) is 34.9 Å².